The number of carbonyl (C=O) groups is 3. The van der Waals surface area contributed by atoms with Gasteiger partial charge in [0.1, 0.15) is 22.2 Å². The Morgan fingerprint density at radius 2 is 1.51 bits per heavy atom. The van der Waals surface area contributed by atoms with Gasteiger partial charge in [-0.2, -0.15) is 0 Å². The van der Waals surface area contributed by atoms with Gasteiger partial charge in [0.15, 0.2) is 0 Å². The third kappa shape index (κ3) is 5.68. The van der Waals surface area contributed by atoms with Gasteiger partial charge in [0.05, 0.1) is 12.8 Å². The van der Waals surface area contributed by atoms with Crippen LogP contribution in [0.5, 0.6) is 5.75 Å². The van der Waals surface area contributed by atoms with Crippen molar-refractivity contribution < 1.29 is 23.5 Å². The Balaban J connectivity index is 1.39. The molecule has 1 aliphatic heterocycles. The molecule has 194 valence electrons. The van der Waals surface area contributed by atoms with Gasteiger partial charge < -0.3 is 15.4 Å². The minimum atomic E-state index is -0.514. The minimum Gasteiger partial charge on any atom is -0.497 e. The SMILES string of the molecule is COc1cccc(C(=O)Nc2ccc(SC3=C(Nc4ccc(F)cc4)C(=O)N(c4ccccc4)C3=O)cc2)c1. The second-order valence-electron chi connectivity index (χ2n) is 8.43. The summed E-state index contributed by atoms with van der Waals surface area (Å²) in [6.45, 7) is 0. The predicted molar refractivity (Wildman–Crippen MR) is 149 cm³/mol. The van der Waals surface area contributed by atoms with Crippen LogP contribution in [0.3, 0.4) is 0 Å². The second kappa shape index (κ2) is 11.2. The van der Waals surface area contributed by atoms with E-state index in [0.717, 1.165) is 16.7 Å². The quantitative estimate of drug-likeness (QED) is 0.264. The van der Waals surface area contributed by atoms with Crippen molar-refractivity contribution in [1.82, 2.24) is 0 Å². The highest BCUT2D eigenvalue weighted by molar-refractivity contribution is 8.04. The molecule has 0 saturated carbocycles. The van der Waals surface area contributed by atoms with Crippen molar-refractivity contribution in [2.75, 3.05) is 22.6 Å². The first-order valence-electron chi connectivity index (χ1n) is 11.9. The summed E-state index contributed by atoms with van der Waals surface area (Å²) >= 11 is 1.12. The molecule has 0 radical (unpaired) electrons. The Bertz CT molecular complexity index is 1570. The first kappa shape index (κ1) is 25.7. The van der Waals surface area contributed by atoms with Crippen LogP contribution < -0.4 is 20.3 Å². The van der Waals surface area contributed by atoms with Gasteiger partial charge in [-0.25, -0.2) is 9.29 Å². The maximum Gasteiger partial charge on any atom is 0.283 e. The molecule has 0 aliphatic carbocycles. The Morgan fingerprint density at radius 3 is 2.21 bits per heavy atom. The number of nitrogens with one attached hydrogen (secondary N) is 2. The smallest absolute Gasteiger partial charge is 0.283 e. The first-order chi connectivity index (χ1) is 18.9. The molecule has 39 heavy (non-hydrogen) atoms. The summed E-state index contributed by atoms with van der Waals surface area (Å²) in [5.41, 5.74) is 2.01. The number of hydrogen-bond donors (Lipinski definition) is 2. The van der Waals surface area contributed by atoms with Crippen LogP contribution in [-0.2, 0) is 9.59 Å². The highest BCUT2D eigenvalue weighted by Gasteiger charge is 2.40. The topological polar surface area (TPSA) is 87.7 Å². The molecule has 9 heteroatoms. The van der Waals surface area contributed by atoms with E-state index in [1.165, 1.54) is 31.4 Å². The van der Waals surface area contributed by atoms with Crippen LogP contribution in [0.25, 0.3) is 0 Å². The van der Waals surface area contributed by atoms with E-state index in [4.69, 9.17) is 4.74 Å². The van der Waals surface area contributed by atoms with Gasteiger partial charge in [-0.05, 0) is 78.9 Å². The highest BCUT2D eigenvalue weighted by Crippen LogP contribution is 2.38. The van der Waals surface area contributed by atoms with Gasteiger partial charge >= 0.3 is 0 Å². The summed E-state index contributed by atoms with van der Waals surface area (Å²) in [6.07, 6.45) is 0. The van der Waals surface area contributed by atoms with Crippen molar-refractivity contribution in [2.45, 2.75) is 4.90 Å². The van der Waals surface area contributed by atoms with E-state index in [1.54, 1.807) is 78.9 Å². The average molecular weight is 540 g/mol. The Morgan fingerprint density at radius 1 is 0.821 bits per heavy atom. The first-order valence-corrected chi connectivity index (χ1v) is 12.7. The number of amides is 3. The standard InChI is InChI=1S/C30H22FN3O4S/c1-38-24-9-5-6-19(18-24)28(35)33-22-14-16-25(17-15-22)39-27-26(32-21-12-10-20(31)11-13-21)29(36)34(30(27)37)23-7-3-2-4-8-23/h2-18,32H,1H3,(H,33,35). The van der Waals surface area contributed by atoms with Crippen molar-refractivity contribution in [3.63, 3.8) is 0 Å². The number of benzene rings is 4. The molecule has 4 aromatic rings. The van der Waals surface area contributed by atoms with Gasteiger partial charge in [0.25, 0.3) is 17.7 Å². The Labute approximate surface area is 228 Å². The second-order valence-corrected chi connectivity index (χ2v) is 9.51. The molecular formula is C30H22FN3O4S. The van der Waals surface area contributed by atoms with Crippen molar-refractivity contribution in [3.05, 3.63) is 125 Å². The average Bonchev–Trinajstić information content (AvgIpc) is 3.19. The summed E-state index contributed by atoms with van der Waals surface area (Å²) in [5.74, 6) is -1.12. The van der Waals surface area contributed by atoms with Gasteiger partial charge in [0, 0.05) is 21.8 Å². The number of thioether (sulfide) groups is 1. The molecule has 0 fully saturated rings. The molecule has 0 atom stereocenters. The summed E-state index contributed by atoms with van der Waals surface area (Å²) < 4.78 is 18.6. The van der Waals surface area contributed by atoms with Gasteiger partial charge in [-0.1, -0.05) is 36.0 Å². The fraction of sp³-hybridized carbons (Fsp3) is 0.0333. The van der Waals surface area contributed by atoms with Crippen molar-refractivity contribution in [3.8, 4) is 5.75 Å². The molecule has 4 aromatic carbocycles. The van der Waals surface area contributed by atoms with E-state index in [-0.39, 0.29) is 16.5 Å². The Hall–Kier alpha value is -4.89. The molecule has 1 heterocycles. The van der Waals surface area contributed by atoms with Crippen LogP contribution in [0.2, 0.25) is 0 Å². The van der Waals surface area contributed by atoms with Crippen LogP contribution in [-0.4, -0.2) is 24.8 Å². The van der Waals surface area contributed by atoms with E-state index in [2.05, 4.69) is 10.6 Å². The predicted octanol–water partition coefficient (Wildman–Crippen LogP) is 6.08. The zero-order valence-electron chi connectivity index (χ0n) is 20.7. The molecular weight excluding hydrogens is 517 g/mol. The summed E-state index contributed by atoms with van der Waals surface area (Å²) in [4.78, 5) is 41.5. The summed E-state index contributed by atoms with van der Waals surface area (Å²) in [6, 6.07) is 27.9. The van der Waals surface area contributed by atoms with Crippen LogP contribution in [0.4, 0.5) is 21.5 Å². The van der Waals surface area contributed by atoms with E-state index >= 15 is 0 Å². The monoisotopic (exact) mass is 539 g/mol. The molecule has 1 aliphatic rings. The molecule has 2 N–H and O–H groups in total. The van der Waals surface area contributed by atoms with Crippen LogP contribution >= 0.6 is 11.8 Å². The van der Waals surface area contributed by atoms with Crippen molar-refractivity contribution in [2.24, 2.45) is 0 Å². The number of halogens is 1. The molecule has 0 bridgehead atoms. The number of ether oxygens (including phenoxy) is 1. The normalized spacial score (nSPS) is 13.0. The summed E-state index contributed by atoms with van der Waals surface area (Å²) in [5, 5.41) is 5.83. The zero-order chi connectivity index (χ0) is 27.4. The number of carbonyl (C=O) groups excluding carboxylic acids is 3. The zero-order valence-corrected chi connectivity index (χ0v) is 21.5. The lowest BCUT2D eigenvalue weighted by molar-refractivity contribution is -0.120. The highest BCUT2D eigenvalue weighted by atomic mass is 32.2. The summed E-state index contributed by atoms with van der Waals surface area (Å²) in [7, 11) is 1.53. The minimum absolute atomic E-state index is 0.0934. The van der Waals surface area contributed by atoms with E-state index < -0.39 is 17.6 Å². The molecule has 5 rings (SSSR count). The number of nitrogens with zero attached hydrogens (tertiary/aromatic N) is 1. The third-order valence-corrected chi connectivity index (χ3v) is 6.92. The van der Waals surface area contributed by atoms with E-state index in [0.29, 0.717) is 33.3 Å². The van der Waals surface area contributed by atoms with Crippen LogP contribution in [0.15, 0.2) is 119 Å². The van der Waals surface area contributed by atoms with Crippen LogP contribution in [0, 0.1) is 5.82 Å². The fourth-order valence-corrected chi connectivity index (χ4v) is 4.82. The van der Waals surface area contributed by atoms with E-state index in [1.807, 2.05) is 0 Å². The Kier molecular flexibility index (Phi) is 7.42. The molecule has 0 spiro atoms. The number of hydrogen-bond acceptors (Lipinski definition) is 6. The van der Waals surface area contributed by atoms with Crippen molar-refractivity contribution in [1.29, 1.82) is 0 Å². The lowest BCUT2D eigenvalue weighted by atomic mass is 10.2. The maximum atomic E-state index is 13.5. The van der Waals surface area contributed by atoms with Gasteiger partial charge in [0.2, 0.25) is 0 Å². The number of para-hydroxylation sites is 1. The van der Waals surface area contributed by atoms with Crippen molar-refractivity contribution >= 4 is 46.5 Å². The number of anilines is 3. The number of rotatable bonds is 8. The molecule has 3 amide bonds. The molecule has 0 unspecified atom stereocenters. The van der Waals surface area contributed by atoms with Crippen LogP contribution in [0.1, 0.15) is 10.4 Å². The molecule has 0 saturated heterocycles. The maximum absolute atomic E-state index is 13.5. The largest absolute Gasteiger partial charge is 0.497 e. The molecule has 7 nitrogen and oxygen atoms in total. The third-order valence-electron chi connectivity index (χ3n) is 5.83. The lowest BCUT2D eigenvalue weighted by Gasteiger charge is -2.15. The lowest BCUT2D eigenvalue weighted by Crippen LogP contribution is -2.32. The van der Waals surface area contributed by atoms with E-state index in [9.17, 15) is 18.8 Å². The fourth-order valence-electron chi connectivity index (χ4n) is 3.90. The number of imide groups is 1. The molecule has 0 aromatic heterocycles. The van der Waals surface area contributed by atoms with Gasteiger partial charge in [-0.15, -0.1) is 0 Å². The number of methoxy groups -OCH3 is 1. The van der Waals surface area contributed by atoms with Gasteiger partial charge in [-0.3, -0.25) is 14.4 Å².